The van der Waals surface area contributed by atoms with Crippen molar-refractivity contribution in [3.8, 4) is 11.5 Å². The summed E-state index contributed by atoms with van der Waals surface area (Å²) in [6.45, 7) is 1.55. The lowest BCUT2D eigenvalue weighted by Gasteiger charge is -2.36. The van der Waals surface area contributed by atoms with E-state index < -0.39 is 20.7 Å². The van der Waals surface area contributed by atoms with Crippen molar-refractivity contribution in [1.82, 2.24) is 4.31 Å². The molecule has 0 N–H and O–H groups in total. The van der Waals surface area contributed by atoms with Crippen molar-refractivity contribution in [2.24, 2.45) is 0 Å². The van der Waals surface area contributed by atoms with Crippen LogP contribution in [-0.4, -0.2) is 58.0 Å². The summed E-state index contributed by atoms with van der Waals surface area (Å²) in [6.07, 6.45) is 0. The van der Waals surface area contributed by atoms with Crippen LogP contribution in [0.1, 0.15) is 5.56 Å². The van der Waals surface area contributed by atoms with Gasteiger partial charge in [0.05, 0.1) is 30.6 Å². The molecule has 156 valence electrons. The number of sulfonamides is 1. The first kappa shape index (κ1) is 20.9. The number of nitro groups is 1. The zero-order chi connectivity index (χ0) is 21.0. The van der Waals surface area contributed by atoms with E-state index in [1.165, 1.54) is 22.5 Å². The Kier molecular flexibility index (Phi) is 6.23. The average molecular weight is 421 g/mol. The van der Waals surface area contributed by atoms with Gasteiger partial charge in [-0.3, -0.25) is 10.1 Å². The SMILES string of the molecule is COc1ccc(N2CCN(S(=O)(=O)Cc3ccccc3[N+](=O)[O-])CC2)c(OC)c1. The summed E-state index contributed by atoms with van der Waals surface area (Å²) in [4.78, 5) is 12.7. The van der Waals surface area contributed by atoms with Crippen LogP contribution in [0.5, 0.6) is 11.5 Å². The molecule has 0 spiro atoms. The van der Waals surface area contributed by atoms with Crippen LogP contribution in [0.25, 0.3) is 0 Å². The maximum absolute atomic E-state index is 12.8. The summed E-state index contributed by atoms with van der Waals surface area (Å²) in [5.41, 5.74) is 0.874. The number of methoxy groups -OCH3 is 2. The minimum atomic E-state index is -3.67. The van der Waals surface area contributed by atoms with Gasteiger partial charge >= 0.3 is 0 Å². The van der Waals surface area contributed by atoms with E-state index in [4.69, 9.17) is 9.47 Å². The summed E-state index contributed by atoms with van der Waals surface area (Å²) in [5.74, 6) is 0.938. The summed E-state index contributed by atoms with van der Waals surface area (Å²) in [6, 6.07) is 11.4. The molecular weight excluding hydrogens is 398 g/mol. The third kappa shape index (κ3) is 4.60. The van der Waals surface area contributed by atoms with Gasteiger partial charge in [-0.2, -0.15) is 4.31 Å². The van der Waals surface area contributed by atoms with Crippen LogP contribution in [0, 0.1) is 10.1 Å². The molecular formula is C19H23N3O6S. The third-order valence-electron chi connectivity index (χ3n) is 4.89. The first-order valence-electron chi connectivity index (χ1n) is 9.03. The molecule has 1 saturated heterocycles. The fraction of sp³-hybridized carbons (Fsp3) is 0.368. The van der Waals surface area contributed by atoms with Gasteiger partial charge in [0.2, 0.25) is 10.0 Å². The summed E-state index contributed by atoms with van der Waals surface area (Å²) in [7, 11) is -0.520. The number of rotatable bonds is 7. The third-order valence-corrected chi connectivity index (χ3v) is 6.71. The Labute approximate surface area is 169 Å². The van der Waals surface area contributed by atoms with Gasteiger partial charge in [0, 0.05) is 43.9 Å². The van der Waals surface area contributed by atoms with E-state index in [0.29, 0.717) is 24.6 Å². The van der Waals surface area contributed by atoms with E-state index in [0.717, 1.165) is 5.69 Å². The maximum atomic E-state index is 12.8. The topological polar surface area (TPSA) is 102 Å². The Morgan fingerprint density at radius 3 is 2.34 bits per heavy atom. The molecule has 1 aliphatic rings. The number of ether oxygens (including phenoxy) is 2. The number of para-hydroxylation sites is 1. The summed E-state index contributed by atoms with van der Waals surface area (Å²) < 4.78 is 37.7. The van der Waals surface area contributed by atoms with Crippen molar-refractivity contribution in [2.75, 3.05) is 45.3 Å². The van der Waals surface area contributed by atoms with Gasteiger partial charge in [-0.15, -0.1) is 0 Å². The quantitative estimate of drug-likeness (QED) is 0.499. The van der Waals surface area contributed by atoms with E-state index in [1.54, 1.807) is 26.4 Å². The van der Waals surface area contributed by atoms with Crippen molar-refractivity contribution in [3.63, 3.8) is 0 Å². The highest BCUT2D eigenvalue weighted by atomic mass is 32.2. The lowest BCUT2D eigenvalue weighted by atomic mass is 10.2. The molecule has 0 radical (unpaired) electrons. The molecule has 0 bridgehead atoms. The number of benzene rings is 2. The van der Waals surface area contributed by atoms with Crippen LogP contribution in [0.15, 0.2) is 42.5 Å². The molecule has 10 heteroatoms. The number of piperazine rings is 1. The first-order chi connectivity index (χ1) is 13.9. The molecule has 2 aromatic rings. The molecule has 3 rings (SSSR count). The molecule has 29 heavy (non-hydrogen) atoms. The molecule has 1 aliphatic heterocycles. The molecule has 1 heterocycles. The number of nitro benzene ring substituents is 1. The van der Waals surface area contributed by atoms with Gasteiger partial charge in [-0.05, 0) is 12.1 Å². The largest absolute Gasteiger partial charge is 0.497 e. The fourth-order valence-electron chi connectivity index (χ4n) is 3.35. The second-order valence-corrected chi connectivity index (χ2v) is 8.53. The van der Waals surface area contributed by atoms with Crippen LogP contribution in [-0.2, 0) is 15.8 Å². The van der Waals surface area contributed by atoms with E-state index in [1.807, 2.05) is 12.1 Å². The first-order valence-corrected chi connectivity index (χ1v) is 10.6. The Bertz CT molecular complexity index is 987. The average Bonchev–Trinajstić information content (AvgIpc) is 2.73. The second kappa shape index (κ2) is 8.66. The lowest BCUT2D eigenvalue weighted by molar-refractivity contribution is -0.385. The normalized spacial score (nSPS) is 15.2. The van der Waals surface area contributed by atoms with Gasteiger partial charge < -0.3 is 14.4 Å². The molecule has 0 aromatic heterocycles. The predicted molar refractivity (Wildman–Crippen MR) is 109 cm³/mol. The predicted octanol–water partition coefficient (Wildman–Crippen LogP) is 2.26. The monoisotopic (exact) mass is 421 g/mol. The molecule has 0 atom stereocenters. The van der Waals surface area contributed by atoms with Crippen molar-refractivity contribution in [2.45, 2.75) is 5.75 Å². The van der Waals surface area contributed by atoms with E-state index in [9.17, 15) is 18.5 Å². The highest BCUT2D eigenvalue weighted by Crippen LogP contribution is 2.33. The van der Waals surface area contributed by atoms with Crippen LogP contribution >= 0.6 is 0 Å². The minimum Gasteiger partial charge on any atom is -0.497 e. The zero-order valence-corrected chi connectivity index (χ0v) is 17.1. The van der Waals surface area contributed by atoms with E-state index >= 15 is 0 Å². The molecule has 0 amide bonds. The maximum Gasteiger partial charge on any atom is 0.273 e. The standard InChI is InChI=1S/C19H23N3O6S/c1-27-16-7-8-18(19(13-16)28-2)20-9-11-21(12-10-20)29(25,26)14-15-5-3-4-6-17(15)22(23)24/h3-8,13H,9-12,14H2,1-2H3. The van der Waals surface area contributed by atoms with Gasteiger partial charge in [0.25, 0.3) is 5.69 Å². The van der Waals surface area contributed by atoms with Crippen LogP contribution in [0.3, 0.4) is 0 Å². The second-order valence-electron chi connectivity index (χ2n) is 6.57. The Hall–Kier alpha value is -2.85. The molecule has 2 aromatic carbocycles. The smallest absolute Gasteiger partial charge is 0.273 e. The van der Waals surface area contributed by atoms with Gasteiger partial charge in [-0.25, -0.2) is 8.42 Å². The van der Waals surface area contributed by atoms with E-state index in [-0.39, 0.29) is 24.3 Å². The Balaban J connectivity index is 1.71. The number of anilines is 1. The van der Waals surface area contributed by atoms with Crippen molar-refractivity contribution >= 4 is 21.4 Å². The highest BCUT2D eigenvalue weighted by molar-refractivity contribution is 7.88. The number of nitrogens with zero attached hydrogens (tertiary/aromatic N) is 3. The number of hydrogen-bond donors (Lipinski definition) is 0. The summed E-state index contributed by atoms with van der Waals surface area (Å²) in [5, 5.41) is 11.2. The zero-order valence-electron chi connectivity index (χ0n) is 16.3. The van der Waals surface area contributed by atoms with Gasteiger partial charge in [-0.1, -0.05) is 18.2 Å². The molecule has 0 saturated carbocycles. The highest BCUT2D eigenvalue weighted by Gasteiger charge is 2.30. The Morgan fingerprint density at radius 1 is 1.03 bits per heavy atom. The minimum absolute atomic E-state index is 0.183. The van der Waals surface area contributed by atoms with Crippen molar-refractivity contribution in [3.05, 3.63) is 58.1 Å². The Morgan fingerprint density at radius 2 is 1.72 bits per heavy atom. The number of hydrogen-bond acceptors (Lipinski definition) is 7. The molecule has 0 unspecified atom stereocenters. The van der Waals surface area contributed by atoms with Crippen LogP contribution in [0.2, 0.25) is 0 Å². The lowest BCUT2D eigenvalue weighted by Crippen LogP contribution is -2.49. The fourth-order valence-corrected chi connectivity index (χ4v) is 4.89. The van der Waals surface area contributed by atoms with Crippen molar-refractivity contribution < 1.29 is 22.8 Å². The van der Waals surface area contributed by atoms with Gasteiger partial charge in [0.1, 0.15) is 11.5 Å². The van der Waals surface area contributed by atoms with Crippen LogP contribution < -0.4 is 14.4 Å². The summed E-state index contributed by atoms with van der Waals surface area (Å²) >= 11 is 0. The molecule has 0 aliphatic carbocycles. The molecule has 9 nitrogen and oxygen atoms in total. The van der Waals surface area contributed by atoms with E-state index in [2.05, 4.69) is 4.90 Å². The molecule has 1 fully saturated rings. The van der Waals surface area contributed by atoms with Crippen molar-refractivity contribution in [1.29, 1.82) is 0 Å². The van der Waals surface area contributed by atoms with Gasteiger partial charge in [0.15, 0.2) is 0 Å². The van der Waals surface area contributed by atoms with Crippen LogP contribution in [0.4, 0.5) is 11.4 Å².